The van der Waals surface area contributed by atoms with Crippen molar-refractivity contribution in [2.75, 3.05) is 6.54 Å². The monoisotopic (exact) mass is 422 g/mol. The van der Waals surface area contributed by atoms with Crippen LogP contribution in [0.3, 0.4) is 0 Å². The van der Waals surface area contributed by atoms with Gasteiger partial charge in [-0.15, -0.1) is 11.8 Å². The highest BCUT2D eigenvalue weighted by Gasteiger charge is 2.71. The molecule has 1 aromatic heterocycles. The number of carboxylic acid groups (broad SMARTS) is 1. The average Bonchev–Trinajstić information content (AvgIpc) is 3.36. The SMILES string of the molecule is CC[C@@]1(C)c2sc(=O)[nH]c2S[C@@H]2[C@H]3C[C@@H]([C@H]4C(=O)N(CCC(=O)O)C(=O)[C@H]34)[C@@H]21. The molecule has 2 amide bonds. The second-order valence-electron chi connectivity index (χ2n) is 8.64. The summed E-state index contributed by atoms with van der Waals surface area (Å²) in [6.45, 7) is 4.30. The van der Waals surface area contributed by atoms with Crippen LogP contribution < -0.4 is 4.87 Å². The molecule has 1 saturated heterocycles. The van der Waals surface area contributed by atoms with Crippen molar-refractivity contribution in [3.05, 3.63) is 14.5 Å². The van der Waals surface area contributed by atoms with E-state index in [9.17, 15) is 19.2 Å². The molecule has 0 radical (unpaired) electrons. The number of aromatic nitrogens is 1. The van der Waals surface area contributed by atoms with Gasteiger partial charge in [0.15, 0.2) is 0 Å². The van der Waals surface area contributed by atoms with E-state index in [0.717, 1.165) is 22.7 Å². The maximum atomic E-state index is 13.1. The highest BCUT2D eigenvalue weighted by molar-refractivity contribution is 8.00. The van der Waals surface area contributed by atoms with Crippen molar-refractivity contribution < 1.29 is 19.5 Å². The van der Waals surface area contributed by atoms with Gasteiger partial charge in [0.05, 0.1) is 23.3 Å². The molecule has 1 aromatic rings. The molecule has 3 fully saturated rings. The van der Waals surface area contributed by atoms with E-state index in [1.807, 2.05) is 0 Å². The summed E-state index contributed by atoms with van der Waals surface area (Å²) in [5, 5.41) is 10.1. The second-order valence-corrected chi connectivity index (χ2v) is 10.8. The van der Waals surface area contributed by atoms with Gasteiger partial charge in [-0.1, -0.05) is 25.2 Å². The Bertz CT molecular complexity index is 954. The summed E-state index contributed by atoms with van der Waals surface area (Å²) in [4.78, 5) is 54.2. The van der Waals surface area contributed by atoms with Gasteiger partial charge >= 0.3 is 10.8 Å². The first-order chi connectivity index (χ1) is 13.3. The topological polar surface area (TPSA) is 108 Å². The molecule has 4 aliphatic rings. The number of hydrogen-bond donors (Lipinski definition) is 2. The average molecular weight is 423 g/mol. The molecule has 0 spiro atoms. The summed E-state index contributed by atoms with van der Waals surface area (Å²) in [5.74, 6) is -1.54. The van der Waals surface area contributed by atoms with E-state index < -0.39 is 5.97 Å². The Hall–Kier alpha value is -1.61. The zero-order chi connectivity index (χ0) is 20.0. The molecule has 28 heavy (non-hydrogen) atoms. The van der Waals surface area contributed by atoms with Crippen molar-refractivity contribution in [2.24, 2.45) is 29.6 Å². The van der Waals surface area contributed by atoms with Crippen LogP contribution in [0.25, 0.3) is 0 Å². The molecule has 2 aliphatic heterocycles. The van der Waals surface area contributed by atoms with E-state index >= 15 is 0 Å². The van der Waals surface area contributed by atoms with Gasteiger partial charge in [0, 0.05) is 22.1 Å². The lowest BCUT2D eigenvalue weighted by Crippen LogP contribution is -2.49. The highest BCUT2D eigenvalue weighted by atomic mass is 32.2. The lowest BCUT2D eigenvalue weighted by molar-refractivity contribution is -0.142. The predicted octanol–water partition coefficient (Wildman–Crippen LogP) is 1.92. The minimum absolute atomic E-state index is 0.0341. The van der Waals surface area contributed by atoms with Crippen molar-refractivity contribution >= 4 is 40.9 Å². The number of thioether (sulfide) groups is 1. The fourth-order valence-electron chi connectivity index (χ4n) is 6.38. The van der Waals surface area contributed by atoms with Gasteiger partial charge < -0.3 is 10.1 Å². The number of carbonyl (C=O) groups excluding carboxylic acids is 2. The molecule has 150 valence electrons. The first-order valence-electron chi connectivity index (χ1n) is 9.75. The van der Waals surface area contributed by atoms with Crippen molar-refractivity contribution in [1.29, 1.82) is 0 Å². The predicted molar refractivity (Wildman–Crippen MR) is 103 cm³/mol. The van der Waals surface area contributed by atoms with Crippen molar-refractivity contribution in [2.45, 2.75) is 48.8 Å². The van der Waals surface area contributed by atoms with Crippen LogP contribution in [0.2, 0.25) is 0 Å². The summed E-state index contributed by atoms with van der Waals surface area (Å²) >= 11 is 2.96. The number of aromatic amines is 1. The van der Waals surface area contributed by atoms with Gasteiger partial charge in [-0.2, -0.15) is 0 Å². The Balaban J connectivity index is 1.53. The van der Waals surface area contributed by atoms with Crippen molar-refractivity contribution in [1.82, 2.24) is 9.88 Å². The molecule has 7 nitrogen and oxygen atoms in total. The van der Waals surface area contributed by atoms with Gasteiger partial charge in [-0.3, -0.25) is 24.1 Å². The summed E-state index contributed by atoms with van der Waals surface area (Å²) < 4.78 is 0. The number of carbonyl (C=O) groups is 3. The number of likely N-dealkylation sites (tertiary alicyclic amines) is 1. The number of amides is 2. The van der Waals surface area contributed by atoms with Crippen LogP contribution in [0.5, 0.6) is 0 Å². The second kappa shape index (κ2) is 5.95. The summed E-state index contributed by atoms with van der Waals surface area (Å²) in [7, 11) is 0. The molecule has 9 heteroatoms. The largest absolute Gasteiger partial charge is 0.481 e. The Morgan fingerprint density at radius 2 is 1.93 bits per heavy atom. The van der Waals surface area contributed by atoms with Gasteiger partial charge in [0.2, 0.25) is 11.8 Å². The molecule has 7 atom stereocenters. The fourth-order valence-corrected chi connectivity index (χ4v) is 9.58. The number of nitrogens with zero attached hydrogens (tertiary/aromatic N) is 1. The van der Waals surface area contributed by atoms with E-state index in [0.29, 0.717) is 0 Å². The molecule has 0 aromatic carbocycles. The van der Waals surface area contributed by atoms with E-state index in [-0.39, 0.29) is 69.9 Å². The van der Waals surface area contributed by atoms with E-state index in [2.05, 4.69) is 18.8 Å². The quantitative estimate of drug-likeness (QED) is 0.718. The molecule has 3 heterocycles. The molecule has 0 unspecified atom stereocenters. The molecule has 2 N–H and O–H groups in total. The fraction of sp³-hybridized carbons (Fsp3) is 0.684. The molecule has 2 bridgehead atoms. The van der Waals surface area contributed by atoms with E-state index in [1.165, 1.54) is 16.2 Å². The van der Waals surface area contributed by atoms with Gasteiger partial charge in [-0.05, 0) is 30.6 Å². The number of rotatable bonds is 4. The van der Waals surface area contributed by atoms with E-state index in [4.69, 9.17) is 5.11 Å². The third-order valence-electron chi connectivity index (χ3n) is 7.60. The number of imide groups is 1. The number of carboxylic acids is 1. The van der Waals surface area contributed by atoms with Crippen molar-refractivity contribution in [3.63, 3.8) is 0 Å². The summed E-state index contributed by atoms with van der Waals surface area (Å²) in [5.41, 5.74) is -0.183. The Kier molecular flexibility index (Phi) is 3.91. The van der Waals surface area contributed by atoms with Crippen LogP contribution in [0, 0.1) is 29.6 Å². The zero-order valence-corrected chi connectivity index (χ0v) is 17.3. The van der Waals surface area contributed by atoms with Crippen LogP contribution in [-0.4, -0.2) is 44.6 Å². The molecular weight excluding hydrogens is 400 g/mol. The van der Waals surface area contributed by atoms with Crippen LogP contribution in [0.4, 0.5) is 0 Å². The molecule has 2 aliphatic carbocycles. The van der Waals surface area contributed by atoms with E-state index in [1.54, 1.807) is 11.8 Å². The van der Waals surface area contributed by atoms with Crippen molar-refractivity contribution in [3.8, 4) is 0 Å². The van der Waals surface area contributed by atoms with Gasteiger partial charge in [-0.25, -0.2) is 0 Å². The number of nitrogens with one attached hydrogen (secondary N) is 1. The summed E-state index contributed by atoms with van der Waals surface area (Å²) in [6.07, 6.45) is 1.54. The normalized spacial score (nSPS) is 40.6. The number of hydrogen-bond acceptors (Lipinski definition) is 6. The first kappa shape index (κ1) is 18.4. The minimum Gasteiger partial charge on any atom is -0.481 e. The third kappa shape index (κ3) is 2.17. The maximum absolute atomic E-state index is 13.1. The molecular formula is C19H22N2O5S2. The van der Waals surface area contributed by atoms with Crippen LogP contribution in [0.1, 0.15) is 38.0 Å². The molecule has 5 rings (SSSR count). The number of H-pyrrole nitrogens is 1. The minimum atomic E-state index is -1.00. The van der Waals surface area contributed by atoms with Crippen LogP contribution >= 0.6 is 23.1 Å². The smallest absolute Gasteiger partial charge is 0.305 e. The first-order valence-corrected chi connectivity index (χ1v) is 11.4. The number of fused-ring (bicyclic) bond motifs is 9. The zero-order valence-electron chi connectivity index (χ0n) is 15.6. The third-order valence-corrected chi connectivity index (χ3v) is 10.4. The lowest BCUT2D eigenvalue weighted by atomic mass is 9.62. The van der Waals surface area contributed by atoms with Gasteiger partial charge in [0.25, 0.3) is 0 Å². The highest BCUT2D eigenvalue weighted by Crippen LogP contribution is 2.69. The standard InChI is InChI=1S/C19H22N2O5S2/c1-3-19(2)12-7-6-8(13(12)27-15-14(19)28-18(26)20-15)11-10(7)16(24)21(17(11)25)5-4-9(22)23/h7-8,10-13H,3-6H2,1-2H3,(H,20,26)(H,22,23)/t7-,8-,10+,11+,12-,13+,19+/m0/s1. The molecule has 2 saturated carbocycles. The van der Waals surface area contributed by atoms with Gasteiger partial charge in [0.1, 0.15) is 0 Å². The lowest BCUT2D eigenvalue weighted by Gasteiger charge is -2.48. The number of thiazole rings is 1. The Morgan fingerprint density at radius 1 is 1.25 bits per heavy atom. The summed E-state index contributed by atoms with van der Waals surface area (Å²) in [6, 6.07) is 0. The van der Waals surface area contributed by atoms with Crippen LogP contribution in [0.15, 0.2) is 9.82 Å². The Labute approximate surface area is 169 Å². The maximum Gasteiger partial charge on any atom is 0.305 e. The number of aliphatic carboxylic acids is 1. The van der Waals surface area contributed by atoms with Crippen LogP contribution in [-0.2, 0) is 19.8 Å². The Morgan fingerprint density at radius 3 is 2.57 bits per heavy atom.